The number of carbonyl (C=O) groups excluding carboxylic acids is 1. The smallest absolute Gasteiger partial charge is 0.200 e. The second-order valence-electron chi connectivity index (χ2n) is 5.21. The molecular weight excluding hydrogens is 312 g/mol. The van der Waals surface area contributed by atoms with E-state index in [0.717, 1.165) is 5.56 Å². The molecule has 0 spiro atoms. The predicted octanol–water partition coefficient (Wildman–Crippen LogP) is 2.77. The molecule has 0 bridgehead atoms. The number of carbonyl (C=O) groups is 1. The van der Waals surface area contributed by atoms with Crippen LogP contribution in [0.5, 0.6) is 28.7 Å². The van der Waals surface area contributed by atoms with Crippen molar-refractivity contribution in [3.63, 3.8) is 0 Å². The molecule has 0 saturated heterocycles. The van der Waals surface area contributed by atoms with Crippen LogP contribution in [0.15, 0.2) is 35.9 Å². The number of phenolic OH excluding ortho intramolecular Hbond substituents is 2. The van der Waals surface area contributed by atoms with Crippen molar-refractivity contribution in [3.8, 4) is 28.7 Å². The third-order valence-corrected chi connectivity index (χ3v) is 3.77. The van der Waals surface area contributed by atoms with Crippen molar-refractivity contribution in [1.29, 1.82) is 0 Å². The Kier molecular flexibility index (Phi) is 4.04. The van der Waals surface area contributed by atoms with Gasteiger partial charge in [-0.05, 0) is 35.9 Å². The van der Waals surface area contributed by atoms with E-state index in [-0.39, 0.29) is 29.5 Å². The number of fused-ring (bicyclic) bond motifs is 1. The van der Waals surface area contributed by atoms with Gasteiger partial charge in [0.1, 0.15) is 17.9 Å². The van der Waals surface area contributed by atoms with Crippen molar-refractivity contribution in [2.75, 3.05) is 20.8 Å². The van der Waals surface area contributed by atoms with Gasteiger partial charge < -0.3 is 24.4 Å². The maximum absolute atomic E-state index is 12.6. The van der Waals surface area contributed by atoms with Crippen LogP contribution < -0.4 is 14.2 Å². The maximum Gasteiger partial charge on any atom is 0.200 e. The van der Waals surface area contributed by atoms with Crippen molar-refractivity contribution < 1.29 is 29.2 Å². The van der Waals surface area contributed by atoms with Gasteiger partial charge >= 0.3 is 0 Å². The Morgan fingerprint density at radius 3 is 2.54 bits per heavy atom. The molecule has 6 nitrogen and oxygen atoms in total. The zero-order valence-electron chi connectivity index (χ0n) is 13.2. The highest BCUT2D eigenvalue weighted by atomic mass is 16.5. The van der Waals surface area contributed by atoms with Crippen molar-refractivity contribution in [1.82, 2.24) is 0 Å². The summed E-state index contributed by atoms with van der Waals surface area (Å²) in [4.78, 5) is 12.6. The van der Waals surface area contributed by atoms with E-state index < -0.39 is 5.75 Å². The summed E-state index contributed by atoms with van der Waals surface area (Å²) in [5.41, 5.74) is 1.05. The summed E-state index contributed by atoms with van der Waals surface area (Å²) in [5, 5.41) is 19.5. The van der Waals surface area contributed by atoms with Gasteiger partial charge in [0.15, 0.2) is 28.8 Å². The Morgan fingerprint density at radius 2 is 1.83 bits per heavy atom. The number of ether oxygens (including phenoxy) is 3. The fourth-order valence-corrected chi connectivity index (χ4v) is 2.53. The highest BCUT2D eigenvalue weighted by Gasteiger charge is 2.28. The molecule has 0 saturated carbocycles. The van der Waals surface area contributed by atoms with Crippen LogP contribution in [0.2, 0.25) is 0 Å². The van der Waals surface area contributed by atoms with Gasteiger partial charge in [-0.2, -0.15) is 0 Å². The van der Waals surface area contributed by atoms with Gasteiger partial charge in [0.25, 0.3) is 0 Å². The summed E-state index contributed by atoms with van der Waals surface area (Å²) in [7, 11) is 3.07. The second kappa shape index (κ2) is 6.16. The molecule has 124 valence electrons. The molecule has 0 unspecified atom stereocenters. The molecule has 0 fully saturated rings. The first-order valence-electron chi connectivity index (χ1n) is 7.20. The van der Waals surface area contributed by atoms with Crippen molar-refractivity contribution >= 4 is 11.9 Å². The van der Waals surface area contributed by atoms with Crippen molar-refractivity contribution in [2.24, 2.45) is 0 Å². The van der Waals surface area contributed by atoms with Gasteiger partial charge in [-0.25, -0.2) is 0 Å². The summed E-state index contributed by atoms with van der Waals surface area (Å²) >= 11 is 0. The number of Topliss-reactive ketones (excluding diaryl/α,β-unsaturated/α-hetero) is 1. The van der Waals surface area contributed by atoms with Gasteiger partial charge in [-0.15, -0.1) is 0 Å². The van der Waals surface area contributed by atoms with Gasteiger partial charge in [0, 0.05) is 5.57 Å². The minimum absolute atomic E-state index is 0.0343. The molecule has 0 aromatic heterocycles. The lowest BCUT2D eigenvalue weighted by Crippen LogP contribution is -2.19. The highest BCUT2D eigenvalue weighted by Crippen LogP contribution is 2.40. The van der Waals surface area contributed by atoms with Gasteiger partial charge in [0.2, 0.25) is 0 Å². The monoisotopic (exact) mass is 328 g/mol. The van der Waals surface area contributed by atoms with Crippen LogP contribution in [0.25, 0.3) is 6.08 Å². The van der Waals surface area contributed by atoms with E-state index in [1.54, 1.807) is 31.4 Å². The molecule has 0 radical (unpaired) electrons. The van der Waals surface area contributed by atoms with E-state index in [0.29, 0.717) is 17.1 Å². The number of hydrogen-bond donors (Lipinski definition) is 2. The summed E-state index contributed by atoms with van der Waals surface area (Å²) in [6.45, 7) is 0.0738. The summed E-state index contributed by atoms with van der Waals surface area (Å²) in [5.74, 6) is 0.142. The first-order chi connectivity index (χ1) is 11.5. The van der Waals surface area contributed by atoms with E-state index in [2.05, 4.69) is 0 Å². The molecule has 0 atom stereocenters. The SMILES string of the molecule is COc1ccc(/C=C2\COc3ccc(O)c(O)c3C2=O)cc1OC. The third kappa shape index (κ3) is 2.62. The van der Waals surface area contributed by atoms with Gasteiger partial charge in [-0.3, -0.25) is 4.79 Å². The fraction of sp³-hybridized carbons (Fsp3) is 0.167. The minimum atomic E-state index is -0.476. The molecule has 1 aliphatic heterocycles. The molecule has 2 N–H and O–H groups in total. The summed E-state index contributed by atoms with van der Waals surface area (Å²) in [6, 6.07) is 7.98. The van der Waals surface area contributed by atoms with Crippen LogP contribution in [0.4, 0.5) is 0 Å². The Balaban J connectivity index is 2.00. The molecule has 0 aliphatic carbocycles. The lowest BCUT2D eigenvalue weighted by molar-refractivity contribution is 0.0996. The number of hydrogen-bond acceptors (Lipinski definition) is 6. The molecule has 2 aromatic carbocycles. The number of benzene rings is 2. The topological polar surface area (TPSA) is 85.2 Å². The lowest BCUT2D eigenvalue weighted by Gasteiger charge is -2.20. The van der Waals surface area contributed by atoms with Gasteiger partial charge in [-0.1, -0.05) is 6.07 Å². The molecule has 1 heterocycles. The first-order valence-corrected chi connectivity index (χ1v) is 7.20. The Labute approximate surface area is 138 Å². The zero-order valence-corrected chi connectivity index (χ0v) is 13.2. The number of phenols is 2. The lowest BCUT2D eigenvalue weighted by atomic mass is 9.97. The standard InChI is InChI=1S/C18H16O6/c1-22-13-5-3-10(8-15(13)23-2)7-11-9-24-14-6-4-12(19)18(21)16(14)17(11)20/h3-8,19,21H,9H2,1-2H3/b11-7+. The summed E-state index contributed by atoms with van der Waals surface area (Å²) < 4.78 is 15.9. The first kappa shape index (κ1) is 15.7. The average molecular weight is 328 g/mol. The largest absolute Gasteiger partial charge is 0.504 e. The normalized spacial score (nSPS) is 14.9. The zero-order chi connectivity index (χ0) is 17.3. The van der Waals surface area contributed by atoms with Crippen LogP contribution in [-0.2, 0) is 0 Å². The minimum Gasteiger partial charge on any atom is -0.504 e. The van der Waals surface area contributed by atoms with E-state index in [1.807, 2.05) is 0 Å². The van der Waals surface area contributed by atoms with Gasteiger partial charge in [0.05, 0.1) is 14.2 Å². The molecule has 6 heteroatoms. The highest BCUT2D eigenvalue weighted by molar-refractivity contribution is 6.16. The molecule has 3 rings (SSSR count). The van der Waals surface area contributed by atoms with E-state index >= 15 is 0 Å². The van der Waals surface area contributed by atoms with E-state index in [1.165, 1.54) is 19.2 Å². The summed E-state index contributed by atoms with van der Waals surface area (Å²) in [6.07, 6.45) is 1.65. The average Bonchev–Trinajstić information content (AvgIpc) is 2.60. The number of rotatable bonds is 3. The third-order valence-electron chi connectivity index (χ3n) is 3.77. The molecule has 1 aliphatic rings. The van der Waals surface area contributed by atoms with Crippen molar-refractivity contribution in [3.05, 3.63) is 47.0 Å². The molecule has 24 heavy (non-hydrogen) atoms. The van der Waals surface area contributed by atoms with Crippen LogP contribution in [0, 0.1) is 0 Å². The predicted molar refractivity (Wildman–Crippen MR) is 87.1 cm³/mol. The Hall–Kier alpha value is -3.15. The number of aromatic hydroxyl groups is 2. The van der Waals surface area contributed by atoms with Crippen LogP contribution in [-0.4, -0.2) is 36.8 Å². The van der Waals surface area contributed by atoms with Crippen molar-refractivity contribution in [2.45, 2.75) is 0 Å². The molecule has 2 aromatic rings. The van der Waals surface area contributed by atoms with Crippen LogP contribution in [0.3, 0.4) is 0 Å². The Morgan fingerprint density at radius 1 is 1.08 bits per heavy atom. The van der Waals surface area contributed by atoms with Crippen LogP contribution in [0.1, 0.15) is 15.9 Å². The second-order valence-corrected chi connectivity index (χ2v) is 5.21. The molecule has 0 amide bonds. The van der Waals surface area contributed by atoms with E-state index in [4.69, 9.17) is 14.2 Å². The van der Waals surface area contributed by atoms with Crippen LogP contribution >= 0.6 is 0 Å². The molecular formula is C18H16O6. The Bertz CT molecular complexity index is 838. The fourth-order valence-electron chi connectivity index (χ4n) is 2.53. The quantitative estimate of drug-likeness (QED) is 0.666. The maximum atomic E-state index is 12.6. The number of methoxy groups -OCH3 is 2. The number of ketones is 1. The van der Waals surface area contributed by atoms with E-state index in [9.17, 15) is 15.0 Å².